The Bertz CT molecular complexity index is 251. The first-order valence-corrected chi connectivity index (χ1v) is 9.07. The molecule has 0 saturated heterocycles. The maximum Gasteiger partial charge on any atom is 0.000780 e. The number of hydrogen-bond donors (Lipinski definition) is 1. The van der Waals surface area contributed by atoms with Gasteiger partial charge in [0.25, 0.3) is 0 Å². The van der Waals surface area contributed by atoms with E-state index in [1.54, 1.807) is 0 Å². The van der Waals surface area contributed by atoms with Gasteiger partial charge in [0.05, 0.1) is 0 Å². The van der Waals surface area contributed by atoms with Crippen LogP contribution in [0.3, 0.4) is 0 Å². The van der Waals surface area contributed by atoms with Crippen LogP contribution in [0.5, 0.6) is 0 Å². The lowest BCUT2D eigenvalue weighted by atomic mass is 9.61. The molecule has 1 saturated carbocycles. The molecule has 1 N–H and O–H groups in total. The van der Waals surface area contributed by atoms with E-state index in [0.29, 0.717) is 10.8 Å². The van der Waals surface area contributed by atoms with Crippen LogP contribution >= 0.6 is 0 Å². The highest BCUT2D eigenvalue weighted by Crippen LogP contribution is 2.48. The van der Waals surface area contributed by atoms with Gasteiger partial charge in [-0.2, -0.15) is 0 Å². The molecule has 0 aliphatic heterocycles. The zero-order chi connectivity index (χ0) is 15.2. The second-order valence-electron chi connectivity index (χ2n) is 8.31. The largest absolute Gasteiger partial charge is 0.316 e. The van der Waals surface area contributed by atoms with Crippen molar-refractivity contribution in [2.75, 3.05) is 13.1 Å². The second-order valence-corrected chi connectivity index (χ2v) is 8.31. The number of hydrogen-bond acceptors (Lipinski definition) is 1. The fourth-order valence-corrected chi connectivity index (χ4v) is 4.13. The van der Waals surface area contributed by atoms with Crippen molar-refractivity contribution in [1.29, 1.82) is 0 Å². The fourth-order valence-electron chi connectivity index (χ4n) is 4.13. The molecule has 1 heteroatoms. The summed E-state index contributed by atoms with van der Waals surface area (Å²) in [7, 11) is 0. The van der Waals surface area contributed by atoms with Crippen LogP contribution in [0.15, 0.2) is 0 Å². The van der Waals surface area contributed by atoms with Crippen molar-refractivity contribution < 1.29 is 0 Å². The SMILES string of the molecule is CCNCC1(CC(CC)CC)CCC(C(C)(C)C)CC1. The Balaban J connectivity index is 2.67. The molecule has 0 aromatic rings. The minimum Gasteiger partial charge on any atom is -0.316 e. The molecule has 0 unspecified atom stereocenters. The van der Waals surface area contributed by atoms with Gasteiger partial charge in [-0.1, -0.05) is 54.4 Å². The third kappa shape index (κ3) is 5.06. The van der Waals surface area contributed by atoms with Crippen LogP contribution < -0.4 is 5.32 Å². The lowest BCUT2D eigenvalue weighted by molar-refractivity contribution is 0.0653. The van der Waals surface area contributed by atoms with Gasteiger partial charge in [-0.3, -0.25) is 0 Å². The Morgan fingerprint density at radius 2 is 1.60 bits per heavy atom. The van der Waals surface area contributed by atoms with Crippen molar-refractivity contribution in [3.63, 3.8) is 0 Å². The van der Waals surface area contributed by atoms with Gasteiger partial charge in [-0.15, -0.1) is 0 Å². The summed E-state index contributed by atoms with van der Waals surface area (Å²) in [5.41, 5.74) is 1.09. The predicted molar refractivity (Wildman–Crippen MR) is 91.1 cm³/mol. The number of rotatable bonds is 7. The average Bonchev–Trinajstić information content (AvgIpc) is 2.42. The fraction of sp³-hybridized carbons (Fsp3) is 1.00. The molecular formula is C19H39N. The predicted octanol–water partition coefficient (Wildman–Crippen LogP) is 5.64. The van der Waals surface area contributed by atoms with Crippen LogP contribution in [-0.4, -0.2) is 13.1 Å². The molecule has 0 amide bonds. The summed E-state index contributed by atoms with van der Waals surface area (Å²) in [4.78, 5) is 0. The van der Waals surface area contributed by atoms with Crippen molar-refractivity contribution >= 4 is 0 Å². The maximum atomic E-state index is 3.67. The average molecular weight is 282 g/mol. The molecule has 0 bridgehead atoms. The van der Waals surface area contributed by atoms with E-state index in [1.807, 2.05) is 0 Å². The third-order valence-electron chi connectivity index (χ3n) is 5.90. The Kier molecular flexibility index (Phi) is 7.04. The van der Waals surface area contributed by atoms with Crippen molar-refractivity contribution in [3.8, 4) is 0 Å². The molecule has 1 fully saturated rings. The van der Waals surface area contributed by atoms with Crippen LogP contribution in [-0.2, 0) is 0 Å². The molecule has 1 nitrogen and oxygen atoms in total. The van der Waals surface area contributed by atoms with Crippen LogP contribution in [0.2, 0.25) is 0 Å². The molecule has 1 aliphatic carbocycles. The zero-order valence-corrected chi connectivity index (χ0v) is 15.0. The van der Waals surface area contributed by atoms with Crippen LogP contribution in [0.25, 0.3) is 0 Å². The Hall–Kier alpha value is -0.0400. The summed E-state index contributed by atoms with van der Waals surface area (Å²) in [5, 5.41) is 3.67. The molecule has 0 spiro atoms. The lowest BCUT2D eigenvalue weighted by Crippen LogP contribution is -2.41. The Labute approximate surface area is 128 Å². The van der Waals surface area contributed by atoms with E-state index in [2.05, 4.69) is 46.9 Å². The minimum absolute atomic E-state index is 0.499. The summed E-state index contributed by atoms with van der Waals surface area (Å²) in [6.45, 7) is 16.6. The minimum atomic E-state index is 0.499. The van der Waals surface area contributed by atoms with Gasteiger partial charge in [0, 0.05) is 6.54 Å². The van der Waals surface area contributed by atoms with Gasteiger partial charge in [0.15, 0.2) is 0 Å². The van der Waals surface area contributed by atoms with Crippen molar-refractivity contribution in [3.05, 3.63) is 0 Å². The van der Waals surface area contributed by atoms with E-state index in [4.69, 9.17) is 0 Å². The van der Waals surface area contributed by atoms with Gasteiger partial charge in [0.1, 0.15) is 0 Å². The van der Waals surface area contributed by atoms with Crippen molar-refractivity contribution in [2.24, 2.45) is 22.7 Å². The normalized spacial score (nSPS) is 28.1. The van der Waals surface area contributed by atoms with E-state index < -0.39 is 0 Å². The van der Waals surface area contributed by atoms with Gasteiger partial charge >= 0.3 is 0 Å². The highest BCUT2D eigenvalue weighted by molar-refractivity contribution is 4.91. The smallest absolute Gasteiger partial charge is 0.000780 e. The quantitative estimate of drug-likeness (QED) is 0.636. The second kappa shape index (κ2) is 7.82. The summed E-state index contributed by atoms with van der Waals surface area (Å²) < 4.78 is 0. The van der Waals surface area contributed by atoms with Gasteiger partial charge < -0.3 is 5.32 Å². The van der Waals surface area contributed by atoms with Gasteiger partial charge in [-0.05, 0) is 61.3 Å². The molecule has 20 heavy (non-hydrogen) atoms. The molecule has 1 rings (SSSR count). The highest BCUT2D eigenvalue weighted by atomic mass is 14.9. The van der Waals surface area contributed by atoms with Gasteiger partial charge in [0.2, 0.25) is 0 Å². The van der Waals surface area contributed by atoms with E-state index in [9.17, 15) is 0 Å². The van der Waals surface area contributed by atoms with Crippen LogP contribution in [0.4, 0.5) is 0 Å². The molecule has 0 radical (unpaired) electrons. The van der Waals surface area contributed by atoms with Crippen molar-refractivity contribution in [2.45, 2.75) is 86.5 Å². The first-order chi connectivity index (χ1) is 9.37. The standard InChI is InChI=1S/C19H39N/c1-7-16(8-2)14-19(15-20-9-3)12-10-17(11-13-19)18(4,5)6/h16-17,20H,7-15H2,1-6H3. The van der Waals surface area contributed by atoms with Gasteiger partial charge in [-0.25, -0.2) is 0 Å². The molecule has 0 atom stereocenters. The topological polar surface area (TPSA) is 12.0 Å². The molecule has 1 aliphatic rings. The monoisotopic (exact) mass is 281 g/mol. The molecule has 0 aromatic carbocycles. The van der Waals surface area contributed by atoms with Crippen LogP contribution in [0, 0.1) is 22.7 Å². The highest BCUT2D eigenvalue weighted by Gasteiger charge is 2.39. The first kappa shape index (κ1) is 18.0. The molecular weight excluding hydrogens is 242 g/mol. The molecule has 0 heterocycles. The summed E-state index contributed by atoms with van der Waals surface area (Å²) >= 11 is 0. The van der Waals surface area contributed by atoms with E-state index in [-0.39, 0.29) is 0 Å². The molecule has 0 aromatic heterocycles. The van der Waals surface area contributed by atoms with E-state index in [0.717, 1.165) is 18.4 Å². The lowest BCUT2D eigenvalue weighted by Gasteiger charge is -2.45. The zero-order valence-electron chi connectivity index (χ0n) is 15.0. The Morgan fingerprint density at radius 1 is 1.05 bits per heavy atom. The summed E-state index contributed by atoms with van der Waals surface area (Å²) in [6.07, 6.45) is 9.92. The third-order valence-corrected chi connectivity index (χ3v) is 5.90. The maximum absolute atomic E-state index is 3.67. The van der Waals surface area contributed by atoms with E-state index >= 15 is 0 Å². The van der Waals surface area contributed by atoms with E-state index in [1.165, 1.54) is 51.5 Å². The van der Waals surface area contributed by atoms with Crippen LogP contribution in [0.1, 0.15) is 86.5 Å². The van der Waals surface area contributed by atoms with Crippen molar-refractivity contribution in [1.82, 2.24) is 5.32 Å². The first-order valence-electron chi connectivity index (χ1n) is 9.07. The summed E-state index contributed by atoms with van der Waals surface area (Å²) in [5.74, 6) is 1.86. The molecule has 120 valence electrons. The summed E-state index contributed by atoms with van der Waals surface area (Å²) in [6, 6.07) is 0. The Morgan fingerprint density at radius 3 is 2.00 bits per heavy atom. The number of nitrogens with one attached hydrogen (secondary N) is 1.